The van der Waals surface area contributed by atoms with Gasteiger partial charge in [-0.15, -0.1) is 0 Å². The monoisotopic (exact) mass is 558 g/mol. The highest BCUT2D eigenvalue weighted by Crippen LogP contribution is 2.40. The number of fused-ring (bicyclic) bond motifs is 1. The van der Waals surface area contributed by atoms with Crippen molar-refractivity contribution in [3.05, 3.63) is 154 Å². The number of aromatic nitrogens is 1. The molecule has 6 rings (SSSR count). The molecular weight excluding hydrogens is 528 g/mol. The van der Waals surface area contributed by atoms with Gasteiger partial charge in [0.15, 0.2) is 0 Å². The first-order chi connectivity index (χ1) is 20.0. The third-order valence-corrected chi connectivity index (χ3v) is 7.89. The van der Waals surface area contributed by atoms with Crippen molar-refractivity contribution in [3.63, 3.8) is 0 Å². The second-order valence-electron chi connectivity index (χ2n) is 10.6. The molecule has 4 nitrogen and oxygen atoms in total. The van der Waals surface area contributed by atoms with Gasteiger partial charge in [-0.3, -0.25) is 9.78 Å². The average Bonchev–Trinajstić information content (AvgIpc) is 3.42. The van der Waals surface area contributed by atoms with Crippen molar-refractivity contribution in [1.29, 1.82) is 0 Å². The Balaban J connectivity index is 1.24. The van der Waals surface area contributed by atoms with E-state index in [1.807, 2.05) is 92.0 Å². The van der Waals surface area contributed by atoms with Crippen molar-refractivity contribution < 1.29 is 9.53 Å². The van der Waals surface area contributed by atoms with Crippen molar-refractivity contribution in [2.75, 3.05) is 0 Å². The van der Waals surface area contributed by atoms with Crippen LogP contribution in [0.15, 0.2) is 127 Å². The highest BCUT2D eigenvalue weighted by Gasteiger charge is 2.33. The predicted octanol–water partition coefficient (Wildman–Crippen LogP) is 8.25. The smallest absolute Gasteiger partial charge is 0.225 e. The molecule has 41 heavy (non-hydrogen) atoms. The molecule has 1 N–H and O–H groups in total. The zero-order valence-electron chi connectivity index (χ0n) is 23.1. The highest BCUT2D eigenvalue weighted by atomic mass is 35.5. The molecule has 5 heteroatoms. The van der Waals surface area contributed by atoms with Crippen molar-refractivity contribution >= 4 is 23.3 Å². The SMILES string of the molecule is Cc1cc(Cl)ccc1C(NC(=O)CC1=CC(C)C2OC(c3cccnc3-c3ccccc3)=CC2=C1)c1ccccc1. The van der Waals surface area contributed by atoms with E-state index in [2.05, 4.69) is 47.6 Å². The van der Waals surface area contributed by atoms with Crippen LogP contribution in [0.1, 0.15) is 41.6 Å². The molecule has 1 aliphatic carbocycles. The van der Waals surface area contributed by atoms with Crippen molar-refractivity contribution in [2.45, 2.75) is 32.4 Å². The number of ether oxygens (including phenoxy) is 1. The summed E-state index contributed by atoms with van der Waals surface area (Å²) in [7, 11) is 0. The molecule has 4 aromatic rings. The zero-order valence-corrected chi connectivity index (χ0v) is 23.8. The van der Waals surface area contributed by atoms with E-state index in [4.69, 9.17) is 16.3 Å². The molecule has 2 heterocycles. The van der Waals surface area contributed by atoms with E-state index in [0.717, 1.165) is 50.4 Å². The Morgan fingerprint density at radius 1 is 0.976 bits per heavy atom. The van der Waals surface area contributed by atoms with Crippen LogP contribution in [0.25, 0.3) is 17.0 Å². The summed E-state index contributed by atoms with van der Waals surface area (Å²) in [5.74, 6) is 0.886. The lowest BCUT2D eigenvalue weighted by Gasteiger charge is -2.25. The summed E-state index contributed by atoms with van der Waals surface area (Å²) < 4.78 is 6.48. The minimum Gasteiger partial charge on any atom is -0.484 e. The minimum absolute atomic E-state index is 0.0382. The Labute approximate surface area is 246 Å². The Kier molecular flexibility index (Phi) is 7.58. The average molecular weight is 559 g/mol. The molecule has 3 unspecified atom stereocenters. The fourth-order valence-corrected chi connectivity index (χ4v) is 5.95. The number of hydrogen-bond acceptors (Lipinski definition) is 3. The van der Waals surface area contributed by atoms with Crippen LogP contribution in [0.4, 0.5) is 0 Å². The summed E-state index contributed by atoms with van der Waals surface area (Å²) in [4.78, 5) is 18.1. The summed E-state index contributed by atoms with van der Waals surface area (Å²) >= 11 is 6.23. The van der Waals surface area contributed by atoms with E-state index < -0.39 is 0 Å². The van der Waals surface area contributed by atoms with Gasteiger partial charge in [-0.05, 0) is 65.1 Å². The molecule has 0 radical (unpaired) electrons. The molecule has 1 amide bonds. The van der Waals surface area contributed by atoms with E-state index in [9.17, 15) is 4.79 Å². The molecule has 0 spiro atoms. The third kappa shape index (κ3) is 5.75. The number of hydrogen-bond donors (Lipinski definition) is 1. The number of rotatable bonds is 7. The van der Waals surface area contributed by atoms with Gasteiger partial charge in [-0.2, -0.15) is 0 Å². The Morgan fingerprint density at radius 2 is 1.73 bits per heavy atom. The number of nitrogens with zero attached hydrogens (tertiary/aromatic N) is 1. The van der Waals surface area contributed by atoms with Crippen LogP contribution in [0.5, 0.6) is 0 Å². The summed E-state index contributed by atoms with van der Waals surface area (Å²) in [6, 6.07) is 29.7. The largest absolute Gasteiger partial charge is 0.484 e. The normalized spacial score (nSPS) is 18.4. The minimum atomic E-state index is -0.272. The van der Waals surface area contributed by atoms with Gasteiger partial charge in [0.25, 0.3) is 0 Å². The van der Waals surface area contributed by atoms with Crippen LogP contribution in [0, 0.1) is 12.8 Å². The molecule has 2 aliphatic rings. The molecule has 3 aromatic carbocycles. The van der Waals surface area contributed by atoms with Gasteiger partial charge in [0.1, 0.15) is 11.9 Å². The molecule has 204 valence electrons. The summed E-state index contributed by atoms with van der Waals surface area (Å²) in [5, 5.41) is 3.97. The van der Waals surface area contributed by atoms with Crippen LogP contribution < -0.4 is 5.32 Å². The van der Waals surface area contributed by atoms with Gasteiger partial charge in [-0.25, -0.2) is 0 Å². The van der Waals surface area contributed by atoms with Crippen LogP contribution >= 0.6 is 11.6 Å². The quantitative estimate of drug-likeness (QED) is 0.248. The Morgan fingerprint density at radius 3 is 2.49 bits per heavy atom. The molecule has 1 aromatic heterocycles. The lowest BCUT2D eigenvalue weighted by atomic mass is 9.88. The van der Waals surface area contributed by atoms with E-state index in [-0.39, 0.29) is 30.4 Å². The van der Waals surface area contributed by atoms with Crippen LogP contribution in [0.2, 0.25) is 5.02 Å². The van der Waals surface area contributed by atoms with Gasteiger partial charge in [-0.1, -0.05) is 97.4 Å². The number of allylic oxidation sites excluding steroid dienone is 1. The first kappa shape index (κ1) is 26.8. The molecule has 0 fully saturated rings. The van der Waals surface area contributed by atoms with E-state index >= 15 is 0 Å². The molecule has 0 saturated carbocycles. The molecule has 3 atom stereocenters. The number of pyridine rings is 1. The lowest BCUT2D eigenvalue weighted by Crippen LogP contribution is -2.30. The van der Waals surface area contributed by atoms with Crippen LogP contribution in [-0.4, -0.2) is 17.0 Å². The molecule has 0 bridgehead atoms. The molecule has 0 saturated heterocycles. The van der Waals surface area contributed by atoms with Gasteiger partial charge < -0.3 is 10.1 Å². The first-order valence-electron chi connectivity index (χ1n) is 13.9. The number of amides is 1. The maximum absolute atomic E-state index is 13.5. The third-order valence-electron chi connectivity index (χ3n) is 7.65. The number of halogens is 1. The van der Waals surface area contributed by atoms with Crippen molar-refractivity contribution in [2.24, 2.45) is 5.92 Å². The topological polar surface area (TPSA) is 51.2 Å². The fourth-order valence-electron chi connectivity index (χ4n) is 5.72. The van der Waals surface area contributed by atoms with Crippen LogP contribution in [0.3, 0.4) is 0 Å². The number of carbonyl (C=O) groups excluding carboxylic acids is 1. The molecule has 1 aliphatic heterocycles. The van der Waals surface area contributed by atoms with E-state index in [0.29, 0.717) is 5.02 Å². The Hall–Kier alpha value is -4.41. The number of nitrogens with one attached hydrogen (secondary N) is 1. The second-order valence-corrected chi connectivity index (χ2v) is 11.1. The number of aryl methyl sites for hydroxylation is 1. The second kappa shape index (κ2) is 11.6. The summed E-state index contributed by atoms with van der Waals surface area (Å²) in [6.45, 7) is 4.16. The van der Waals surface area contributed by atoms with E-state index in [1.165, 1.54) is 0 Å². The van der Waals surface area contributed by atoms with Gasteiger partial charge >= 0.3 is 0 Å². The van der Waals surface area contributed by atoms with Gasteiger partial charge in [0.05, 0.1) is 18.2 Å². The first-order valence-corrected chi connectivity index (χ1v) is 14.3. The zero-order chi connectivity index (χ0) is 28.3. The number of carbonyl (C=O) groups is 1. The predicted molar refractivity (Wildman–Crippen MR) is 165 cm³/mol. The van der Waals surface area contributed by atoms with Gasteiger partial charge in [0, 0.05) is 28.3 Å². The van der Waals surface area contributed by atoms with Crippen molar-refractivity contribution in [1.82, 2.24) is 10.3 Å². The summed E-state index contributed by atoms with van der Waals surface area (Å²) in [5.41, 5.74) is 8.05. The lowest BCUT2D eigenvalue weighted by molar-refractivity contribution is -0.120. The highest BCUT2D eigenvalue weighted by molar-refractivity contribution is 6.30. The maximum atomic E-state index is 13.5. The van der Waals surface area contributed by atoms with Crippen LogP contribution in [-0.2, 0) is 9.53 Å². The Bertz CT molecular complexity index is 1670. The summed E-state index contributed by atoms with van der Waals surface area (Å²) in [6.07, 6.45) is 8.34. The van der Waals surface area contributed by atoms with Gasteiger partial charge in [0.2, 0.25) is 5.91 Å². The maximum Gasteiger partial charge on any atom is 0.225 e. The van der Waals surface area contributed by atoms with E-state index in [1.54, 1.807) is 0 Å². The fraction of sp³-hybridized carbons (Fsp3) is 0.167. The van der Waals surface area contributed by atoms with Crippen molar-refractivity contribution in [3.8, 4) is 11.3 Å². The molecular formula is C36H31ClN2O2. The number of benzene rings is 3. The standard InChI is InChI=1S/C36H31ClN2O2/c1-23-19-29(37)15-16-30(23)35(27-12-7-4-8-13-27)39-33(40)21-25-18-24(2)36-28(20-25)22-32(41-36)31-14-9-17-38-34(31)26-10-5-3-6-11-26/h3-20,22,24,35-36H,21H2,1-2H3,(H,39,40).